The molecule has 1 nitrogen and oxygen atoms in total. The van der Waals surface area contributed by atoms with Crippen molar-refractivity contribution in [3.05, 3.63) is 21.9 Å². The molecule has 0 spiro atoms. The number of thiophene rings is 1. The van der Waals surface area contributed by atoms with Crippen LogP contribution in [0.25, 0.3) is 0 Å². The molecule has 0 bridgehead atoms. The second-order valence-corrected chi connectivity index (χ2v) is 5.14. The van der Waals surface area contributed by atoms with E-state index in [1.807, 2.05) is 11.8 Å². The van der Waals surface area contributed by atoms with E-state index in [0.29, 0.717) is 0 Å². The Morgan fingerprint density at radius 2 is 2.42 bits per heavy atom. The van der Waals surface area contributed by atoms with Crippen LogP contribution in [-0.2, 0) is 0 Å². The molecule has 0 amide bonds. The summed E-state index contributed by atoms with van der Waals surface area (Å²) < 4.78 is 0. The zero-order valence-electron chi connectivity index (χ0n) is 7.54. The van der Waals surface area contributed by atoms with Gasteiger partial charge >= 0.3 is 0 Å². The maximum Gasteiger partial charge on any atom is 0.0397 e. The Balaban J connectivity index is 2.52. The Hall–Kier alpha value is 0.01000. The van der Waals surface area contributed by atoms with Crippen LogP contribution in [0.5, 0.6) is 0 Å². The molecule has 0 fully saturated rings. The standard InChI is InChI=1S/C9H15NS2/c1-3-11-6-9(10)8-4-5-12-7(8)2/h4-5,9H,3,6,10H2,1-2H3. The minimum atomic E-state index is 0.223. The lowest BCUT2D eigenvalue weighted by Gasteiger charge is -2.09. The molecule has 0 saturated heterocycles. The third-order valence-corrected chi connectivity index (χ3v) is 3.66. The molecule has 0 aliphatic rings. The van der Waals surface area contributed by atoms with Crippen molar-refractivity contribution in [3.63, 3.8) is 0 Å². The number of thioether (sulfide) groups is 1. The first-order valence-electron chi connectivity index (χ1n) is 4.13. The maximum absolute atomic E-state index is 6.01. The van der Waals surface area contributed by atoms with E-state index in [9.17, 15) is 0 Å². The quantitative estimate of drug-likeness (QED) is 0.810. The molecule has 1 heterocycles. The number of aryl methyl sites for hydroxylation is 1. The van der Waals surface area contributed by atoms with Gasteiger partial charge in [-0.3, -0.25) is 0 Å². The van der Waals surface area contributed by atoms with Crippen molar-refractivity contribution in [2.75, 3.05) is 11.5 Å². The fraction of sp³-hybridized carbons (Fsp3) is 0.556. The maximum atomic E-state index is 6.01. The molecule has 0 saturated carbocycles. The van der Waals surface area contributed by atoms with Gasteiger partial charge in [-0.05, 0) is 29.7 Å². The highest BCUT2D eigenvalue weighted by Gasteiger charge is 2.08. The zero-order valence-corrected chi connectivity index (χ0v) is 9.17. The molecule has 0 aliphatic heterocycles. The number of rotatable bonds is 4. The van der Waals surface area contributed by atoms with Crippen LogP contribution < -0.4 is 5.73 Å². The topological polar surface area (TPSA) is 26.0 Å². The lowest BCUT2D eigenvalue weighted by molar-refractivity contribution is 0.830. The van der Waals surface area contributed by atoms with Gasteiger partial charge in [-0.15, -0.1) is 11.3 Å². The summed E-state index contributed by atoms with van der Waals surface area (Å²) in [5.74, 6) is 2.19. The highest BCUT2D eigenvalue weighted by atomic mass is 32.2. The Kier molecular flexibility index (Phi) is 4.12. The second kappa shape index (κ2) is 4.90. The predicted octanol–water partition coefficient (Wildman–Crippen LogP) is 2.81. The first-order chi connectivity index (χ1) is 5.75. The SMILES string of the molecule is CCSCC(N)c1ccsc1C. The van der Waals surface area contributed by atoms with Gasteiger partial charge in [0, 0.05) is 16.7 Å². The first-order valence-corrected chi connectivity index (χ1v) is 6.16. The van der Waals surface area contributed by atoms with Crippen molar-refractivity contribution in [1.29, 1.82) is 0 Å². The van der Waals surface area contributed by atoms with Crippen LogP contribution in [0.2, 0.25) is 0 Å². The van der Waals surface area contributed by atoms with Gasteiger partial charge in [-0.1, -0.05) is 6.92 Å². The van der Waals surface area contributed by atoms with Crippen molar-refractivity contribution in [3.8, 4) is 0 Å². The molecule has 1 unspecified atom stereocenters. The van der Waals surface area contributed by atoms with Crippen molar-refractivity contribution in [1.82, 2.24) is 0 Å². The van der Waals surface area contributed by atoms with Crippen molar-refractivity contribution in [2.45, 2.75) is 19.9 Å². The normalized spacial score (nSPS) is 13.2. The van der Waals surface area contributed by atoms with E-state index in [1.165, 1.54) is 10.4 Å². The molecule has 68 valence electrons. The van der Waals surface area contributed by atoms with E-state index in [4.69, 9.17) is 5.73 Å². The summed E-state index contributed by atoms with van der Waals surface area (Å²) in [6.07, 6.45) is 0. The van der Waals surface area contributed by atoms with Crippen LogP contribution in [0.15, 0.2) is 11.4 Å². The highest BCUT2D eigenvalue weighted by molar-refractivity contribution is 7.99. The largest absolute Gasteiger partial charge is 0.323 e. The Morgan fingerprint density at radius 3 is 2.92 bits per heavy atom. The Morgan fingerprint density at radius 1 is 1.67 bits per heavy atom. The fourth-order valence-electron chi connectivity index (χ4n) is 1.11. The summed E-state index contributed by atoms with van der Waals surface area (Å²) in [4.78, 5) is 1.36. The molecule has 1 aromatic heterocycles. The smallest absolute Gasteiger partial charge is 0.0397 e. The summed E-state index contributed by atoms with van der Waals surface area (Å²) in [7, 11) is 0. The van der Waals surface area contributed by atoms with E-state index < -0.39 is 0 Å². The minimum absolute atomic E-state index is 0.223. The van der Waals surface area contributed by atoms with Gasteiger partial charge in [-0.2, -0.15) is 11.8 Å². The molecule has 0 aliphatic carbocycles. The summed E-state index contributed by atoms with van der Waals surface area (Å²) in [6.45, 7) is 4.30. The first kappa shape index (κ1) is 10.1. The lowest BCUT2D eigenvalue weighted by Crippen LogP contribution is -2.13. The van der Waals surface area contributed by atoms with Crippen LogP contribution >= 0.6 is 23.1 Å². The van der Waals surface area contributed by atoms with Crippen LogP contribution in [0.1, 0.15) is 23.4 Å². The molecule has 2 N–H and O–H groups in total. The molecular weight excluding hydrogens is 186 g/mol. The second-order valence-electron chi connectivity index (χ2n) is 2.70. The summed E-state index contributed by atoms with van der Waals surface area (Å²) in [6, 6.07) is 2.36. The van der Waals surface area contributed by atoms with Crippen molar-refractivity contribution in [2.24, 2.45) is 5.73 Å². The van der Waals surface area contributed by atoms with Crippen molar-refractivity contribution < 1.29 is 0 Å². The third-order valence-electron chi connectivity index (χ3n) is 1.80. The van der Waals surface area contributed by atoms with Gasteiger partial charge < -0.3 is 5.73 Å². The average molecular weight is 201 g/mol. The van der Waals surface area contributed by atoms with Gasteiger partial charge in [0.25, 0.3) is 0 Å². The highest BCUT2D eigenvalue weighted by Crippen LogP contribution is 2.23. The van der Waals surface area contributed by atoms with E-state index in [-0.39, 0.29) is 6.04 Å². The Bertz CT molecular complexity index is 232. The molecule has 1 rings (SSSR count). The predicted molar refractivity (Wildman–Crippen MR) is 59.0 cm³/mol. The third kappa shape index (κ3) is 2.51. The summed E-state index contributed by atoms with van der Waals surface area (Å²) >= 11 is 3.68. The van der Waals surface area contributed by atoms with Gasteiger partial charge in [0.05, 0.1) is 0 Å². The van der Waals surface area contributed by atoms with E-state index >= 15 is 0 Å². The van der Waals surface area contributed by atoms with Gasteiger partial charge in [0.15, 0.2) is 0 Å². The number of hydrogen-bond donors (Lipinski definition) is 1. The molecule has 1 aromatic rings. The van der Waals surface area contributed by atoms with E-state index in [1.54, 1.807) is 11.3 Å². The number of nitrogens with two attached hydrogens (primary N) is 1. The van der Waals surface area contributed by atoms with Crippen LogP contribution in [0.3, 0.4) is 0 Å². The van der Waals surface area contributed by atoms with Crippen molar-refractivity contribution >= 4 is 23.1 Å². The van der Waals surface area contributed by atoms with Gasteiger partial charge in [0.2, 0.25) is 0 Å². The van der Waals surface area contributed by atoms with Gasteiger partial charge in [0.1, 0.15) is 0 Å². The van der Waals surface area contributed by atoms with E-state index in [2.05, 4.69) is 25.3 Å². The Labute approximate surface area is 82.4 Å². The van der Waals surface area contributed by atoms with Crippen LogP contribution in [-0.4, -0.2) is 11.5 Å². The lowest BCUT2D eigenvalue weighted by atomic mass is 10.1. The molecule has 0 aromatic carbocycles. The molecule has 12 heavy (non-hydrogen) atoms. The van der Waals surface area contributed by atoms with Gasteiger partial charge in [-0.25, -0.2) is 0 Å². The summed E-state index contributed by atoms with van der Waals surface area (Å²) in [5.41, 5.74) is 7.33. The zero-order chi connectivity index (χ0) is 8.97. The van der Waals surface area contributed by atoms with E-state index in [0.717, 1.165) is 11.5 Å². The minimum Gasteiger partial charge on any atom is -0.323 e. The van der Waals surface area contributed by atoms with Crippen LogP contribution in [0.4, 0.5) is 0 Å². The molecule has 1 atom stereocenters. The molecule has 3 heteroatoms. The monoisotopic (exact) mass is 201 g/mol. The fourth-order valence-corrected chi connectivity index (χ4v) is 2.56. The molecular formula is C9H15NS2. The molecule has 0 radical (unpaired) electrons. The average Bonchev–Trinajstić information content (AvgIpc) is 2.47. The summed E-state index contributed by atoms with van der Waals surface area (Å²) in [5, 5.41) is 2.11. The number of hydrogen-bond acceptors (Lipinski definition) is 3. The van der Waals surface area contributed by atoms with Crippen LogP contribution in [0, 0.1) is 6.92 Å².